The Bertz CT molecular complexity index is 485. The molecule has 0 unspecified atom stereocenters. The van der Waals surface area contributed by atoms with E-state index < -0.39 is 0 Å². The first-order chi connectivity index (χ1) is 7.75. The second kappa shape index (κ2) is 4.99. The number of anilines is 2. The minimum absolute atomic E-state index is 0.677. The van der Waals surface area contributed by atoms with Crippen LogP contribution < -0.4 is 11.1 Å². The van der Waals surface area contributed by atoms with E-state index in [1.54, 1.807) is 18.5 Å². The second-order valence-electron chi connectivity index (χ2n) is 3.44. The van der Waals surface area contributed by atoms with Crippen LogP contribution in [0.25, 0.3) is 0 Å². The summed E-state index contributed by atoms with van der Waals surface area (Å²) in [6, 6.07) is 9.81. The van der Waals surface area contributed by atoms with Gasteiger partial charge in [0.25, 0.3) is 0 Å². The molecule has 0 saturated carbocycles. The Morgan fingerprint density at radius 1 is 1.31 bits per heavy atom. The Balaban J connectivity index is 2.05. The lowest BCUT2D eigenvalue weighted by atomic mass is 10.2. The Labute approximate surface area is 103 Å². The number of benzene rings is 1. The van der Waals surface area contributed by atoms with E-state index in [4.69, 9.17) is 5.73 Å². The van der Waals surface area contributed by atoms with Crippen LogP contribution in [0.1, 0.15) is 5.56 Å². The van der Waals surface area contributed by atoms with Crippen LogP contribution in [-0.4, -0.2) is 4.98 Å². The van der Waals surface area contributed by atoms with E-state index in [9.17, 15) is 0 Å². The predicted molar refractivity (Wildman–Crippen MR) is 70.1 cm³/mol. The van der Waals surface area contributed by atoms with Crippen molar-refractivity contribution in [1.29, 1.82) is 0 Å². The van der Waals surface area contributed by atoms with Gasteiger partial charge in [-0.25, -0.2) is 0 Å². The smallest absolute Gasteiger partial charge is 0.0436 e. The summed E-state index contributed by atoms with van der Waals surface area (Å²) in [6.45, 7) is 0.677. The fraction of sp³-hybridized carbons (Fsp3) is 0.0833. The number of pyridine rings is 1. The highest BCUT2D eigenvalue weighted by molar-refractivity contribution is 9.10. The quantitative estimate of drug-likeness (QED) is 0.907. The van der Waals surface area contributed by atoms with E-state index in [1.807, 2.05) is 24.3 Å². The summed E-state index contributed by atoms with van der Waals surface area (Å²) in [6.07, 6.45) is 3.47. The molecule has 0 aliphatic carbocycles. The van der Waals surface area contributed by atoms with Gasteiger partial charge in [-0.3, -0.25) is 4.98 Å². The summed E-state index contributed by atoms with van der Waals surface area (Å²) in [5.74, 6) is 0. The molecule has 0 fully saturated rings. The van der Waals surface area contributed by atoms with Gasteiger partial charge in [-0.2, -0.15) is 0 Å². The Hall–Kier alpha value is -1.55. The summed E-state index contributed by atoms with van der Waals surface area (Å²) in [5.41, 5.74) is 8.64. The van der Waals surface area contributed by atoms with Crippen LogP contribution in [0.4, 0.5) is 11.4 Å². The lowest BCUT2D eigenvalue weighted by Crippen LogP contribution is -2.03. The van der Waals surface area contributed by atoms with Gasteiger partial charge in [0.2, 0.25) is 0 Å². The fourth-order valence-corrected chi connectivity index (χ4v) is 1.78. The first kappa shape index (κ1) is 11.0. The zero-order chi connectivity index (χ0) is 11.4. The lowest BCUT2D eigenvalue weighted by Gasteiger charge is -2.08. The average molecular weight is 278 g/mol. The molecule has 2 rings (SSSR count). The van der Waals surface area contributed by atoms with Crippen molar-refractivity contribution in [3.8, 4) is 0 Å². The molecular weight excluding hydrogens is 266 g/mol. The van der Waals surface area contributed by atoms with Gasteiger partial charge in [0.15, 0.2) is 0 Å². The summed E-state index contributed by atoms with van der Waals surface area (Å²) < 4.78 is 1.05. The van der Waals surface area contributed by atoms with Gasteiger partial charge in [-0.05, 0) is 24.3 Å². The van der Waals surface area contributed by atoms with Crippen LogP contribution in [-0.2, 0) is 6.54 Å². The van der Waals surface area contributed by atoms with Gasteiger partial charge in [-0.15, -0.1) is 0 Å². The van der Waals surface area contributed by atoms with Gasteiger partial charge in [-0.1, -0.05) is 22.0 Å². The average Bonchev–Trinajstić information content (AvgIpc) is 2.28. The molecule has 0 amide bonds. The summed E-state index contributed by atoms with van der Waals surface area (Å²) in [4.78, 5) is 4.05. The number of nitrogens with zero attached hydrogens (tertiary/aromatic N) is 1. The van der Waals surface area contributed by atoms with Gasteiger partial charge < -0.3 is 11.1 Å². The summed E-state index contributed by atoms with van der Waals surface area (Å²) >= 11 is 3.43. The minimum atomic E-state index is 0.677. The van der Waals surface area contributed by atoms with Crippen LogP contribution in [0.5, 0.6) is 0 Å². The van der Waals surface area contributed by atoms with E-state index >= 15 is 0 Å². The molecular formula is C12H12BrN3. The van der Waals surface area contributed by atoms with Gasteiger partial charge >= 0.3 is 0 Å². The molecule has 0 aliphatic rings. The van der Waals surface area contributed by atoms with Crippen molar-refractivity contribution in [3.05, 3.63) is 52.8 Å². The first-order valence-electron chi connectivity index (χ1n) is 4.93. The number of hydrogen-bond acceptors (Lipinski definition) is 3. The van der Waals surface area contributed by atoms with Gasteiger partial charge in [0.05, 0.1) is 0 Å². The molecule has 3 N–H and O–H groups in total. The van der Waals surface area contributed by atoms with Crippen LogP contribution in [0, 0.1) is 0 Å². The highest BCUT2D eigenvalue weighted by Crippen LogP contribution is 2.17. The van der Waals surface area contributed by atoms with Gasteiger partial charge in [0.1, 0.15) is 0 Å². The van der Waals surface area contributed by atoms with Crippen LogP contribution in [0.2, 0.25) is 0 Å². The van der Waals surface area contributed by atoms with Crippen LogP contribution in [0.3, 0.4) is 0 Å². The predicted octanol–water partition coefficient (Wildman–Crippen LogP) is 3.04. The third-order valence-corrected chi connectivity index (χ3v) is 2.74. The molecule has 0 aliphatic heterocycles. The number of halogens is 1. The van der Waals surface area contributed by atoms with Crippen molar-refractivity contribution in [2.45, 2.75) is 6.54 Å². The van der Waals surface area contributed by atoms with E-state index in [1.165, 1.54) is 0 Å². The number of hydrogen-bond donors (Lipinski definition) is 2. The monoisotopic (exact) mass is 277 g/mol. The van der Waals surface area contributed by atoms with E-state index in [2.05, 4.69) is 26.2 Å². The molecule has 1 aromatic carbocycles. The number of nitrogens with two attached hydrogens (primary N) is 1. The zero-order valence-corrected chi connectivity index (χ0v) is 10.2. The highest BCUT2D eigenvalue weighted by atomic mass is 79.9. The Morgan fingerprint density at radius 3 is 2.94 bits per heavy atom. The molecule has 16 heavy (non-hydrogen) atoms. The van der Waals surface area contributed by atoms with Crippen molar-refractivity contribution in [2.75, 3.05) is 11.1 Å². The Morgan fingerprint density at radius 2 is 2.19 bits per heavy atom. The molecule has 4 heteroatoms. The highest BCUT2D eigenvalue weighted by Gasteiger charge is 1.98. The van der Waals surface area contributed by atoms with Crippen LogP contribution in [0.15, 0.2) is 47.2 Å². The number of aromatic nitrogens is 1. The second-order valence-corrected chi connectivity index (χ2v) is 4.35. The lowest BCUT2D eigenvalue weighted by molar-refractivity contribution is 1.12. The van der Waals surface area contributed by atoms with Crippen molar-refractivity contribution in [2.24, 2.45) is 0 Å². The SMILES string of the molecule is Nc1ccncc1CNc1cccc(Br)c1. The summed E-state index contributed by atoms with van der Waals surface area (Å²) in [7, 11) is 0. The maximum absolute atomic E-state index is 5.83. The third-order valence-electron chi connectivity index (χ3n) is 2.25. The zero-order valence-electron chi connectivity index (χ0n) is 8.65. The Kier molecular flexibility index (Phi) is 3.41. The molecule has 0 radical (unpaired) electrons. The van der Waals surface area contributed by atoms with Crippen molar-refractivity contribution in [3.63, 3.8) is 0 Å². The van der Waals surface area contributed by atoms with Crippen molar-refractivity contribution in [1.82, 2.24) is 4.98 Å². The molecule has 2 aromatic rings. The number of nitrogen functional groups attached to an aromatic ring is 1. The minimum Gasteiger partial charge on any atom is -0.398 e. The largest absolute Gasteiger partial charge is 0.398 e. The molecule has 0 bridgehead atoms. The van der Waals surface area contributed by atoms with Gasteiger partial charge in [0, 0.05) is 40.3 Å². The number of nitrogens with one attached hydrogen (secondary N) is 1. The fourth-order valence-electron chi connectivity index (χ4n) is 1.38. The normalized spacial score (nSPS) is 10.1. The third kappa shape index (κ3) is 2.73. The van der Waals surface area contributed by atoms with E-state index in [-0.39, 0.29) is 0 Å². The molecule has 82 valence electrons. The van der Waals surface area contributed by atoms with Crippen molar-refractivity contribution < 1.29 is 0 Å². The maximum Gasteiger partial charge on any atom is 0.0436 e. The standard InChI is InChI=1S/C12H12BrN3/c13-10-2-1-3-11(6-10)16-8-9-7-15-5-4-12(9)14/h1-7,16H,8H2,(H2,14,15). The summed E-state index contributed by atoms with van der Waals surface area (Å²) in [5, 5.41) is 3.29. The molecule has 1 heterocycles. The topological polar surface area (TPSA) is 50.9 Å². The number of rotatable bonds is 3. The molecule has 0 atom stereocenters. The van der Waals surface area contributed by atoms with Crippen LogP contribution >= 0.6 is 15.9 Å². The molecule has 1 aromatic heterocycles. The van der Waals surface area contributed by atoms with Crippen molar-refractivity contribution >= 4 is 27.3 Å². The molecule has 3 nitrogen and oxygen atoms in total. The molecule has 0 spiro atoms. The maximum atomic E-state index is 5.83. The van der Waals surface area contributed by atoms with E-state index in [0.717, 1.165) is 21.4 Å². The first-order valence-corrected chi connectivity index (χ1v) is 5.73. The molecule has 0 saturated heterocycles. The van der Waals surface area contributed by atoms with E-state index in [0.29, 0.717) is 6.54 Å².